The number of hydrogen-bond donors (Lipinski definition) is 8. The molecule has 0 aliphatic rings. The van der Waals surface area contributed by atoms with Gasteiger partial charge in [0.1, 0.15) is 18.1 Å². The van der Waals surface area contributed by atoms with Crippen LogP contribution in [0.25, 0.3) is 10.9 Å². The van der Waals surface area contributed by atoms with Gasteiger partial charge in [-0.15, -0.1) is 0 Å². The Bertz CT molecular complexity index is 1250. The molecule has 4 atom stereocenters. The number of thioether (sulfide) groups is 1. The number of rotatable bonds is 18. The molecule has 1 aromatic heterocycles. The van der Waals surface area contributed by atoms with E-state index in [1.54, 1.807) is 6.20 Å². The van der Waals surface area contributed by atoms with Crippen molar-refractivity contribution in [3.05, 3.63) is 36.0 Å². The molecule has 1 heterocycles. The number of hydrogen-bond acceptors (Lipinski definition) is 8. The number of carboxylic acid groups (broad SMARTS) is 1. The maximum atomic E-state index is 13.5. The molecular formula is C26H37N7O7S. The number of aliphatic carboxylic acids is 1. The van der Waals surface area contributed by atoms with E-state index in [9.17, 15) is 33.9 Å². The van der Waals surface area contributed by atoms with Crippen LogP contribution in [0, 0.1) is 0 Å². The summed E-state index contributed by atoms with van der Waals surface area (Å²) in [5, 5.41) is 17.7. The highest BCUT2D eigenvalue weighted by Crippen LogP contribution is 2.19. The van der Waals surface area contributed by atoms with E-state index >= 15 is 0 Å². The van der Waals surface area contributed by atoms with Crippen LogP contribution in [0.3, 0.4) is 0 Å². The van der Waals surface area contributed by atoms with Crippen molar-refractivity contribution in [2.45, 2.75) is 62.7 Å². The van der Waals surface area contributed by atoms with E-state index in [-0.39, 0.29) is 32.1 Å². The maximum Gasteiger partial charge on any atom is 0.326 e. The summed E-state index contributed by atoms with van der Waals surface area (Å²) in [6.45, 7) is 0. The lowest BCUT2D eigenvalue weighted by Crippen LogP contribution is -2.57. The third kappa shape index (κ3) is 10.8. The minimum atomic E-state index is -1.47. The molecule has 0 aliphatic heterocycles. The second kappa shape index (κ2) is 16.2. The van der Waals surface area contributed by atoms with Gasteiger partial charge in [0, 0.05) is 36.4 Å². The Hall–Kier alpha value is -4.11. The summed E-state index contributed by atoms with van der Waals surface area (Å²) < 4.78 is 0. The molecule has 4 unspecified atom stereocenters. The molecule has 0 spiro atoms. The maximum absolute atomic E-state index is 13.5. The first-order chi connectivity index (χ1) is 19.4. The van der Waals surface area contributed by atoms with Crippen molar-refractivity contribution in [2.75, 3.05) is 12.0 Å². The molecule has 0 radical (unpaired) electrons. The van der Waals surface area contributed by atoms with Gasteiger partial charge in [-0.1, -0.05) is 18.2 Å². The van der Waals surface area contributed by atoms with Crippen LogP contribution in [0.2, 0.25) is 0 Å². The molecule has 15 heteroatoms. The van der Waals surface area contributed by atoms with Crippen molar-refractivity contribution in [1.29, 1.82) is 0 Å². The number of aromatic nitrogens is 1. The van der Waals surface area contributed by atoms with Crippen molar-refractivity contribution in [2.24, 2.45) is 17.2 Å². The first-order valence-electron chi connectivity index (χ1n) is 12.9. The zero-order valence-electron chi connectivity index (χ0n) is 22.7. The number of amides is 5. The second-order valence-corrected chi connectivity index (χ2v) is 10.5. The monoisotopic (exact) mass is 591 g/mol. The lowest BCUT2D eigenvalue weighted by molar-refractivity contribution is -0.142. The number of nitrogens with one attached hydrogen (secondary N) is 4. The van der Waals surface area contributed by atoms with Gasteiger partial charge in [-0.3, -0.25) is 24.0 Å². The number of carboxylic acids is 1. The molecule has 0 bridgehead atoms. The molecule has 0 fully saturated rings. The highest BCUT2D eigenvalue weighted by molar-refractivity contribution is 7.98. The molecule has 2 aromatic rings. The number of carbonyl (C=O) groups excluding carboxylic acids is 5. The van der Waals surface area contributed by atoms with Gasteiger partial charge in [0.25, 0.3) is 0 Å². The zero-order chi connectivity index (χ0) is 30.5. The number of nitrogens with two attached hydrogens (primary N) is 3. The molecule has 2 rings (SSSR count). The fourth-order valence-corrected chi connectivity index (χ4v) is 4.52. The Kier molecular flexibility index (Phi) is 13.1. The van der Waals surface area contributed by atoms with Gasteiger partial charge in [0.2, 0.25) is 29.5 Å². The highest BCUT2D eigenvalue weighted by Gasteiger charge is 2.31. The number of primary amides is 2. The summed E-state index contributed by atoms with van der Waals surface area (Å²) in [6.07, 6.45) is 2.88. The van der Waals surface area contributed by atoms with Crippen molar-refractivity contribution >= 4 is 58.2 Å². The first kappa shape index (κ1) is 33.1. The Morgan fingerprint density at radius 2 is 1.41 bits per heavy atom. The van der Waals surface area contributed by atoms with Crippen LogP contribution in [0.5, 0.6) is 0 Å². The molecule has 0 saturated heterocycles. The van der Waals surface area contributed by atoms with E-state index in [4.69, 9.17) is 17.2 Å². The summed E-state index contributed by atoms with van der Waals surface area (Å²) in [5.74, 6) is -4.51. The summed E-state index contributed by atoms with van der Waals surface area (Å²) >= 11 is 1.52. The summed E-state index contributed by atoms with van der Waals surface area (Å²) in [6, 6.07) is 2.47. The van der Waals surface area contributed by atoms with Gasteiger partial charge >= 0.3 is 5.97 Å². The second-order valence-electron chi connectivity index (χ2n) is 9.48. The number of fused-ring (bicyclic) bond motifs is 1. The Balaban J connectivity index is 2.30. The highest BCUT2D eigenvalue weighted by atomic mass is 32.2. The summed E-state index contributed by atoms with van der Waals surface area (Å²) in [4.78, 5) is 76.7. The van der Waals surface area contributed by atoms with Crippen LogP contribution in [-0.2, 0) is 35.2 Å². The molecule has 11 N–H and O–H groups in total. The number of H-pyrrole nitrogens is 1. The molecule has 0 saturated carbocycles. The average molecular weight is 592 g/mol. The molecular weight excluding hydrogens is 554 g/mol. The summed E-state index contributed by atoms with van der Waals surface area (Å²) in [7, 11) is 0. The molecule has 224 valence electrons. The predicted octanol–water partition coefficient (Wildman–Crippen LogP) is -1.14. The van der Waals surface area contributed by atoms with Gasteiger partial charge < -0.3 is 43.2 Å². The molecule has 0 aliphatic carbocycles. The van der Waals surface area contributed by atoms with Crippen LogP contribution in [0.1, 0.15) is 37.7 Å². The lowest BCUT2D eigenvalue weighted by atomic mass is 10.0. The number of aromatic amines is 1. The van der Waals surface area contributed by atoms with Crippen molar-refractivity contribution < 1.29 is 33.9 Å². The number of carbonyl (C=O) groups is 6. The lowest BCUT2D eigenvalue weighted by Gasteiger charge is -2.25. The average Bonchev–Trinajstić information content (AvgIpc) is 3.33. The summed E-state index contributed by atoms with van der Waals surface area (Å²) in [5.41, 5.74) is 17.9. The van der Waals surface area contributed by atoms with E-state index in [0.717, 1.165) is 10.9 Å². The van der Waals surface area contributed by atoms with E-state index < -0.39 is 59.7 Å². The minimum absolute atomic E-state index is 0.0390. The Morgan fingerprint density at radius 3 is 2.02 bits per heavy atom. The van der Waals surface area contributed by atoms with Crippen LogP contribution >= 0.6 is 11.8 Å². The van der Waals surface area contributed by atoms with Crippen molar-refractivity contribution in [1.82, 2.24) is 20.9 Å². The van der Waals surface area contributed by atoms with Gasteiger partial charge in [0.15, 0.2) is 0 Å². The Morgan fingerprint density at radius 1 is 0.854 bits per heavy atom. The van der Waals surface area contributed by atoms with Crippen molar-refractivity contribution in [3.8, 4) is 0 Å². The third-order valence-corrected chi connectivity index (χ3v) is 6.95. The quantitative estimate of drug-likeness (QED) is 0.104. The zero-order valence-corrected chi connectivity index (χ0v) is 23.5. The predicted molar refractivity (Wildman–Crippen MR) is 153 cm³/mol. The normalized spacial score (nSPS) is 13.9. The van der Waals surface area contributed by atoms with Gasteiger partial charge in [-0.2, -0.15) is 11.8 Å². The molecule has 5 amide bonds. The fraction of sp³-hybridized carbons (Fsp3) is 0.462. The topological polar surface area (TPSA) is 253 Å². The van der Waals surface area contributed by atoms with Crippen LogP contribution in [0.15, 0.2) is 30.5 Å². The van der Waals surface area contributed by atoms with Gasteiger partial charge in [-0.05, 0) is 42.9 Å². The van der Waals surface area contributed by atoms with Gasteiger partial charge in [-0.25, -0.2) is 4.79 Å². The smallest absolute Gasteiger partial charge is 0.326 e. The molecule has 41 heavy (non-hydrogen) atoms. The number of benzene rings is 1. The van der Waals surface area contributed by atoms with E-state index in [2.05, 4.69) is 20.9 Å². The third-order valence-electron chi connectivity index (χ3n) is 6.31. The fourth-order valence-electron chi connectivity index (χ4n) is 4.03. The van der Waals surface area contributed by atoms with Crippen molar-refractivity contribution in [3.63, 3.8) is 0 Å². The first-order valence-corrected chi connectivity index (χ1v) is 14.3. The van der Waals surface area contributed by atoms with E-state index in [0.29, 0.717) is 17.7 Å². The van der Waals surface area contributed by atoms with E-state index in [1.165, 1.54) is 11.8 Å². The largest absolute Gasteiger partial charge is 0.480 e. The van der Waals surface area contributed by atoms with Crippen LogP contribution in [0.4, 0.5) is 0 Å². The Labute approximate surface area is 240 Å². The SMILES string of the molecule is CSCCC(N)C(=O)NC(Cc1c[nH]c2ccccc12)C(=O)NC(CCC(N)=O)C(=O)NC(CCC(N)=O)C(=O)O. The van der Waals surface area contributed by atoms with Crippen LogP contribution in [-0.4, -0.2) is 81.8 Å². The standard InChI is InChI=1S/C26H37N7O7S/c1-41-11-10-16(27)23(36)33-20(12-14-13-30-17-5-3-2-4-15(14)17)25(38)31-18(6-8-21(28)34)24(37)32-19(26(39)40)7-9-22(29)35/h2-5,13,16,18-20,30H,6-12,27H2,1H3,(H2,28,34)(H2,29,35)(H,31,38)(H,32,37)(H,33,36)(H,39,40). The van der Waals surface area contributed by atoms with Crippen LogP contribution < -0.4 is 33.2 Å². The molecule has 1 aromatic carbocycles. The number of para-hydroxylation sites is 1. The minimum Gasteiger partial charge on any atom is -0.480 e. The van der Waals surface area contributed by atoms with E-state index in [1.807, 2.05) is 30.5 Å². The van der Waals surface area contributed by atoms with Gasteiger partial charge in [0.05, 0.1) is 6.04 Å². The molecule has 14 nitrogen and oxygen atoms in total.